The minimum absolute atomic E-state index is 0.0211. The molecule has 0 aromatic heterocycles. The molecule has 2 aromatic rings. The van der Waals surface area contributed by atoms with Crippen LogP contribution in [0.3, 0.4) is 0 Å². The number of benzene rings is 2. The van der Waals surface area contributed by atoms with Gasteiger partial charge in [-0.05, 0) is 82.1 Å². The number of hydrogen-bond donors (Lipinski definition) is 0. The van der Waals surface area contributed by atoms with E-state index in [2.05, 4.69) is 12.1 Å². The maximum absolute atomic E-state index is 14.4. The van der Waals surface area contributed by atoms with Gasteiger partial charge in [0, 0.05) is 45.4 Å². The van der Waals surface area contributed by atoms with E-state index in [0.29, 0.717) is 0 Å². The zero-order chi connectivity index (χ0) is 35.4. The number of aryl methyl sites for hydroxylation is 1. The first-order valence-electron chi connectivity index (χ1n) is 17.0. The van der Waals surface area contributed by atoms with Gasteiger partial charge >= 0.3 is 6.09 Å². The summed E-state index contributed by atoms with van der Waals surface area (Å²) in [6, 6.07) is 14.4. The van der Waals surface area contributed by atoms with Crippen LogP contribution in [0.25, 0.3) is 0 Å². The van der Waals surface area contributed by atoms with Gasteiger partial charge < -0.3 is 14.5 Å². The number of hydrogen-bond acceptors (Lipinski definition) is 7. The van der Waals surface area contributed by atoms with Crippen LogP contribution in [0.15, 0.2) is 59.5 Å². The molecule has 11 heteroatoms. The van der Waals surface area contributed by atoms with Crippen LogP contribution in [-0.2, 0) is 35.6 Å². The first-order valence-corrected chi connectivity index (χ1v) is 18.4. The van der Waals surface area contributed by atoms with E-state index in [1.165, 1.54) is 38.8 Å². The Morgan fingerprint density at radius 3 is 2.25 bits per heavy atom. The molecule has 0 bridgehead atoms. The highest BCUT2D eigenvalue weighted by Crippen LogP contribution is 2.35. The van der Waals surface area contributed by atoms with Crippen molar-refractivity contribution in [2.45, 2.75) is 102 Å². The number of sulfonamides is 1. The van der Waals surface area contributed by atoms with E-state index in [4.69, 9.17) is 4.74 Å². The van der Waals surface area contributed by atoms with Crippen molar-refractivity contribution in [2.75, 3.05) is 26.7 Å². The predicted octanol–water partition coefficient (Wildman–Crippen LogP) is 5.45. The highest BCUT2D eigenvalue weighted by Gasteiger charge is 2.43. The quantitative estimate of drug-likeness (QED) is 0.309. The minimum Gasteiger partial charge on any atom is -0.444 e. The fraction of sp³-hybridized carbons (Fsp3) is 0.568. The van der Waals surface area contributed by atoms with E-state index in [9.17, 15) is 27.6 Å². The Hall–Kier alpha value is -3.57. The fourth-order valence-corrected chi connectivity index (χ4v) is 8.08. The summed E-state index contributed by atoms with van der Waals surface area (Å²) in [4.78, 5) is 57.7. The highest BCUT2D eigenvalue weighted by atomic mass is 32.2. The third kappa shape index (κ3) is 8.71. The zero-order valence-electron chi connectivity index (χ0n) is 29.3. The summed E-state index contributed by atoms with van der Waals surface area (Å²) in [5.41, 5.74) is 1.62. The topological polar surface area (TPSA) is 121 Å². The monoisotopic (exact) mass is 681 g/mol. The molecule has 0 saturated carbocycles. The highest BCUT2D eigenvalue weighted by molar-refractivity contribution is 7.89. The van der Waals surface area contributed by atoms with Gasteiger partial charge in [-0.25, -0.2) is 13.2 Å². The lowest BCUT2D eigenvalue weighted by molar-refractivity contribution is -0.148. The third-order valence-corrected chi connectivity index (χ3v) is 11.5. The average Bonchev–Trinajstić information content (AvgIpc) is 3.05. The van der Waals surface area contributed by atoms with Crippen LogP contribution in [-0.4, -0.2) is 90.5 Å². The van der Waals surface area contributed by atoms with Crippen molar-refractivity contribution < 1.29 is 32.3 Å². The van der Waals surface area contributed by atoms with Gasteiger partial charge in [0.15, 0.2) is 11.6 Å². The molecule has 262 valence electrons. The maximum Gasteiger partial charge on any atom is 0.410 e. The van der Waals surface area contributed by atoms with Crippen molar-refractivity contribution in [1.29, 1.82) is 0 Å². The number of Topliss-reactive ketones (excluding diaryl/α,β-unsaturated/α-hetero) is 2. The molecule has 2 amide bonds. The van der Waals surface area contributed by atoms with Gasteiger partial charge in [-0.2, -0.15) is 4.31 Å². The lowest BCUT2D eigenvalue weighted by Gasteiger charge is -2.42. The molecule has 0 N–H and O–H groups in total. The van der Waals surface area contributed by atoms with Gasteiger partial charge in [-0.15, -0.1) is 0 Å². The van der Waals surface area contributed by atoms with Gasteiger partial charge in [-0.3, -0.25) is 14.4 Å². The Kier molecular flexibility index (Phi) is 11.9. The minimum atomic E-state index is -3.92. The molecule has 4 rings (SSSR count). The molecule has 0 unspecified atom stereocenters. The van der Waals surface area contributed by atoms with Gasteiger partial charge in [0.25, 0.3) is 0 Å². The number of carbonyl (C=O) groups is 4. The molecule has 1 aliphatic carbocycles. The van der Waals surface area contributed by atoms with Crippen LogP contribution < -0.4 is 0 Å². The molecule has 10 nitrogen and oxygen atoms in total. The van der Waals surface area contributed by atoms with Crippen molar-refractivity contribution >= 4 is 33.6 Å². The molecule has 1 heterocycles. The number of ether oxygens (including phenoxy) is 1. The largest absolute Gasteiger partial charge is 0.444 e. The zero-order valence-corrected chi connectivity index (χ0v) is 30.2. The molecule has 48 heavy (non-hydrogen) atoms. The van der Waals surface area contributed by atoms with Gasteiger partial charge in [-0.1, -0.05) is 56.3 Å². The second kappa shape index (κ2) is 15.3. The Morgan fingerprint density at radius 2 is 1.60 bits per heavy atom. The van der Waals surface area contributed by atoms with Crippen molar-refractivity contribution in [3.63, 3.8) is 0 Å². The van der Waals surface area contributed by atoms with Crippen molar-refractivity contribution in [3.05, 3.63) is 65.7 Å². The van der Waals surface area contributed by atoms with Crippen LogP contribution in [0.2, 0.25) is 0 Å². The summed E-state index contributed by atoms with van der Waals surface area (Å²) in [5, 5.41) is 0. The first-order chi connectivity index (χ1) is 22.5. The Labute approximate surface area is 285 Å². The number of ketones is 2. The molecule has 4 atom stereocenters. The molecule has 2 aliphatic rings. The molecule has 1 aliphatic heterocycles. The van der Waals surface area contributed by atoms with E-state index in [1.807, 2.05) is 26.0 Å². The SMILES string of the molecule is CC(C)[C@H](CC(=O)[C@H](C)N(C)C(=O)OC(C)(C)C)C(=O)N1CCN(S(=O)(=O)c2ccccc2)C[C@H]1C(=O)C[C@@H]1CCCc2ccccc21. The summed E-state index contributed by atoms with van der Waals surface area (Å²) < 4.78 is 34.1. The summed E-state index contributed by atoms with van der Waals surface area (Å²) in [5.74, 6) is -1.90. The molecule has 1 fully saturated rings. The van der Waals surface area contributed by atoms with Crippen molar-refractivity contribution in [3.8, 4) is 0 Å². The predicted molar refractivity (Wildman–Crippen MR) is 184 cm³/mol. The lowest BCUT2D eigenvalue weighted by atomic mass is 9.79. The summed E-state index contributed by atoms with van der Waals surface area (Å²) in [6.45, 7) is 10.4. The summed E-state index contributed by atoms with van der Waals surface area (Å²) in [6.07, 6.45) is 2.15. The smallest absolute Gasteiger partial charge is 0.410 e. The number of rotatable bonds is 11. The number of likely N-dealkylation sites (N-methyl/N-ethyl adjacent to an activating group) is 1. The van der Waals surface area contributed by atoms with E-state index in [0.717, 1.165) is 24.8 Å². The normalized spacial score (nSPS) is 20.0. The van der Waals surface area contributed by atoms with Crippen LogP contribution in [0.1, 0.15) is 84.3 Å². The first kappa shape index (κ1) is 37.3. The number of nitrogens with zero attached hydrogens (tertiary/aromatic N) is 3. The van der Waals surface area contributed by atoms with Crippen molar-refractivity contribution in [2.24, 2.45) is 11.8 Å². The molecular weight excluding hydrogens is 630 g/mol. The van der Waals surface area contributed by atoms with Gasteiger partial charge in [0.2, 0.25) is 15.9 Å². The molecule has 2 aromatic carbocycles. The van der Waals surface area contributed by atoms with Crippen LogP contribution in [0.4, 0.5) is 4.79 Å². The van der Waals surface area contributed by atoms with Gasteiger partial charge in [0.05, 0.1) is 10.9 Å². The third-order valence-electron chi connectivity index (χ3n) is 9.59. The summed E-state index contributed by atoms with van der Waals surface area (Å²) in [7, 11) is -2.42. The van der Waals surface area contributed by atoms with E-state index in [1.54, 1.807) is 45.9 Å². The second-order valence-electron chi connectivity index (χ2n) is 14.5. The Bertz CT molecular complexity index is 1590. The van der Waals surface area contributed by atoms with Crippen LogP contribution >= 0.6 is 0 Å². The Balaban J connectivity index is 1.59. The summed E-state index contributed by atoms with van der Waals surface area (Å²) >= 11 is 0. The Morgan fingerprint density at radius 1 is 0.958 bits per heavy atom. The lowest BCUT2D eigenvalue weighted by Crippen LogP contribution is -2.61. The standard InChI is InChI=1S/C37H51N3O7S/c1-25(2)31(23-33(41)26(3)38(7)36(44)47-37(4,5)6)35(43)40-21-20-39(48(45,46)29-17-9-8-10-18-29)24-32(40)34(42)22-28-16-13-15-27-14-11-12-19-30(27)28/h8-12,14,17-19,25-26,28,31-32H,13,15-16,20-24H2,1-7H3/t26-,28-,31-,32-/m0/s1. The maximum atomic E-state index is 14.4. The number of carbonyl (C=O) groups excluding carboxylic acids is 4. The number of amides is 2. The molecular formula is C37H51N3O7S. The van der Waals surface area contributed by atoms with Crippen molar-refractivity contribution in [1.82, 2.24) is 14.1 Å². The molecule has 0 radical (unpaired) electrons. The van der Waals surface area contributed by atoms with E-state index >= 15 is 0 Å². The average molecular weight is 682 g/mol. The number of fused-ring (bicyclic) bond motifs is 1. The van der Waals surface area contributed by atoms with E-state index in [-0.39, 0.29) is 66.7 Å². The molecule has 0 spiro atoms. The van der Waals surface area contributed by atoms with Crippen LogP contribution in [0, 0.1) is 11.8 Å². The van der Waals surface area contributed by atoms with Crippen LogP contribution in [0.5, 0.6) is 0 Å². The fourth-order valence-electron chi connectivity index (χ4n) is 6.62. The molecule has 1 saturated heterocycles. The van der Waals surface area contributed by atoms with Gasteiger partial charge in [0.1, 0.15) is 11.6 Å². The second-order valence-corrected chi connectivity index (χ2v) is 16.4. The number of piperazine rings is 1. The van der Waals surface area contributed by atoms with E-state index < -0.39 is 39.7 Å².